The molecule has 1 unspecified atom stereocenters. The standard InChI is InChI=1S/C22H23NO5S/c1-21(2)11-15-5-3-6-17(20(15)28-21)27-13-19(24)23-14-22(25,16-8-9-26-12-16)18-7-4-10-29-18/h3-10,12,25H,11,13-14H2,1-2H3,(H,23,24). The van der Waals surface area contributed by atoms with Gasteiger partial charge in [0.1, 0.15) is 11.2 Å². The molecule has 2 N–H and O–H groups in total. The van der Waals surface area contributed by atoms with Crippen molar-refractivity contribution in [3.63, 3.8) is 0 Å². The van der Waals surface area contributed by atoms with Crippen LogP contribution < -0.4 is 14.8 Å². The van der Waals surface area contributed by atoms with Crippen molar-refractivity contribution in [2.75, 3.05) is 13.2 Å². The molecule has 0 saturated carbocycles. The highest BCUT2D eigenvalue weighted by atomic mass is 32.1. The Kier molecular flexibility index (Phi) is 5.10. The molecule has 1 aliphatic heterocycles. The Morgan fingerprint density at radius 1 is 1.31 bits per heavy atom. The molecule has 4 rings (SSSR count). The fourth-order valence-electron chi connectivity index (χ4n) is 3.47. The lowest BCUT2D eigenvalue weighted by atomic mass is 9.94. The molecule has 0 aliphatic carbocycles. The van der Waals surface area contributed by atoms with Crippen molar-refractivity contribution in [2.24, 2.45) is 0 Å². The summed E-state index contributed by atoms with van der Waals surface area (Å²) < 4.78 is 16.8. The van der Waals surface area contributed by atoms with Gasteiger partial charge in [-0.25, -0.2) is 0 Å². The van der Waals surface area contributed by atoms with Gasteiger partial charge in [-0.15, -0.1) is 11.3 Å². The first-order valence-electron chi connectivity index (χ1n) is 9.37. The molecule has 3 aromatic rings. The topological polar surface area (TPSA) is 80.9 Å². The average molecular weight is 413 g/mol. The minimum atomic E-state index is -1.36. The van der Waals surface area contributed by atoms with Gasteiger partial charge in [0.2, 0.25) is 0 Å². The van der Waals surface area contributed by atoms with Gasteiger partial charge in [0.05, 0.1) is 19.1 Å². The van der Waals surface area contributed by atoms with Crippen molar-refractivity contribution < 1.29 is 23.8 Å². The SMILES string of the molecule is CC1(C)Cc2cccc(OCC(=O)NCC(O)(c3ccoc3)c3cccs3)c2O1. The highest BCUT2D eigenvalue weighted by molar-refractivity contribution is 7.10. The van der Waals surface area contributed by atoms with Crippen molar-refractivity contribution in [3.8, 4) is 11.5 Å². The number of hydrogen-bond acceptors (Lipinski definition) is 6. The summed E-state index contributed by atoms with van der Waals surface area (Å²) in [5, 5.41) is 15.9. The van der Waals surface area contributed by atoms with Crippen molar-refractivity contribution in [3.05, 3.63) is 70.3 Å². The molecule has 0 radical (unpaired) electrons. The minimum absolute atomic E-state index is 0.00562. The maximum Gasteiger partial charge on any atom is 0.258 e. The Morgan fingerprint density at radius 2 is 2.17 bits per heavy atom. The molecule has 0 fully saturated rings. The summed E-state index contributed by atoms with van der Waals surface area (Å²) in [7, 11) is 0. The summed E-state index contributed by atoms with van der Waals surface area (Å²) in [5.74, 6) is 0.906. The lowest BCUT2D eigenvalue weighted by Gasteiger charge is -2.26. The quantitative estimate of drug-likeness (QED) is 0.620. The van der Waals surface area contributed by atoms with Gasteiger partial charge in [0.25, 0.3) is 5.91 Å². The molecule has 2 aromatic heterocycles. The zero-order valence-electron chi connectivity index (χ0n) is 16.3. The summed E-state index contributed by atoms with van der Waals surface area (Å²) >= 11 is 1.41. The number of hydrogen-bond donors (Lipinski definition) is 2. The molecule has 1 amide bonds. The van der Waals surface area contributed by atoms with E-state index in [4.69, 9.17) is 13.9 Å². The van der Waals surface area contributed by atoms with Crippen LogP contribution in [0.15, 0.2) is 58.7 Å². The molecule has 0 spiro atoms. The number of carbonyl (C=O) groups is 1. The van der Waals surface area contributed by atoms with E-state index in [2.05, 4.69) is 5.32 Å². The molecule has 152 valence electrons. The molecule has 3 heterocycles. The van der Waals surface area contributed by atoms with Crippen LogP contribution in [0.5, 0.6) is 11.5 Å². The summed E-state index contributed by atoms with van der Waals surface area (Å²) in [6.45, 7) is 3.87. The third kappa shape index (κ3) is 4.02. The number of benzene rings is 1. The number of nitrogens with one attached hydrogen (secondary N) is 1. The first-order chi connectivity index (χ1) is 13.9. The van der Waals surface area contributed by atoms with E-state index in [0.717, 1.165) is 16.9 Å². The molecule has 6 nitrogen and oxygen atoms in total. The number of aliphatic hydroxyl groups is 1. The first-order valence-corrected chi connectivity index (χ1v) is 10.2. The molecular weight excluding hydrogens is 390 g/mol. The van der Waals surface area contributed by atoms with Crippen molar-refractivity contribution in [1.29, 1.82) is 0 Å². The van der Waals surface area contributed by atoms with Gasteiger partial charge < -0.3 is 24.3 Å². The van der Waals surface area contributed by atoms with Crippen LogP contribution in [0.4, 0.5) is 0 Å². The Balaban J connectivity index is 1.40. The minimum Gasteiger partial charge on any atom is -0.483 e. The number of para-hydroxylation sites is 1. The van der Waals surface area contributed by atoms with Crippen LogP contribution in [0, 0.1) is 0 Å². The van der Waals surface area contributed by atoms with Gasteiger partial charge in [-0.05, 0) is 37.4 Å². The number of ether oxygens (including phenoxy) is 2. The number of furan rings is 1. The second-order valence-electron chi connectivity index (χ2n) is 7.70. The van der Waals surface area contributed by atoms with Crippen LogP contribution in [0.1, 0.15) is 29.9 Å². The molecule has 0 bridgehead atoms. The zero-order valence-corrected chi connectivity index (χ0v) is 17.1. The van der Waals surface area contributed by atoms with E-state index in [1.165, 1.54) is 23.9 Å². The Hall–Kier alpha value is -2.77. The smallest absolute Gasteiger partial charge is 0.258 e. The molecule has 29 heavy (non-hydrogen) atoms. The monoisotopic (exact) mass is 413 g/mol. The average Bonchev–Trinajstić information content (AvgIpc) is 3.44. The van der Waals surface area contributed by atoms with Gasteiger partial charge in [-0.2, -0.15) is 0 Å². The summed E-state index contributed by atoms with van der Waals surface area (Å²) in [5.41, 5.74) is 0.00157. The zero-order chi connectivity index (χ0) is 20.5. The van der Waals surface area contributed by atoms with Crippen molar-refractivity contribution >= 4 is 17.2 Å². The predicted octanol–water partition coefficient (Wildman–Crippen LogP) is 3.49. The van der Waals surface area contributed by atoms with Crippen LogP contribution in [-0.4, -0.2) is 29.8 Å². The van der Waals surface area contributed by atoms with Gasteiger partial charge in [0, 0.05) is 22.4 Å². The van der Waals surface area contributed by atoms with E-state index in [9.17, 15) is 9.90 Å². The van der Waals surface area contributed by atoms with Gasteiger partial charge in [0.15, 0.2) is 18.1 Å². The first kappa shape index (κ1) is 19.5. The summed E-state index contributed by atoms with van der Waals surface area (Å²) in [6, 6.07) is 11.1. The Bertz CT molecular complexity index is 945. The highest BCUT2D eigenvalue weighted by Crippen LogP contribution is 2.41. The number of carbonyl (C=O) groups excluding carboxylic acids is 1. The number of fused-ring (bicyclic) bond motifs is 1. The van der Waals surface area contributed by atoms with E-state index in [-0.39, 0.29) is 24.7 Å². The summed E-state index contributed by atoms with van der Waals surface area (Å²) in [4.78, 5) is 13.1. The third-order valence-corrected chi connectivity index (χ3v) is 5.90. The van der Waals surface area contributed by atoms with Crippen molar-refractivity contribution in [2.45, 2.75) is 31.5 Å². The van der Waals surface area contributed by atoms with Crippen LogP contribution in [0.2, 0.25) is 0 Å². The molecule has 0 saturated heterocycles. The van der Waals surface area contributed by atoms with Gasteiger partial charge in [-0.3, -0.25) is 4.79 Å². The maximum atomic E-state index is 12.4. The van der Waals surface area contributed by atoms with Crippen molar-refractivity contribution in [1.82, 2.24) is 5.32 Å². The second-order valence-corrected chi connectivity index (χ2v) is 8.65. The van der Waals surface area contributed by atoms with E-state index >= 15 is 0 Å². The molecular formula is C22H23NO5S. The van der Waals surface area contributed by atoms with Crippen LogP contribution in [-0.2, 0) is 16.8 Å². The largest absolute Gasteiger partial charge is 0.483 e. The van der Waals surface area contributed by atoms with E-state index in [1.54, 1.807) is 12.1 Å². The lowest BCUT2D eigenvalue weighted by Crippen LogP contribution is -2.42. The maximum absolute atomic E-state index is 12.4. The van der Waals surface area contributed by atoms with E-state index < -0.39 is 5.60 Å². The van der Waals surface area contributed by atoms with Gasteiger partial charge in [-0.1, -0.05) is 18.2 Å². The van der Waals surface area contributed by atoms with Crippen LogP contribution in [0.3, 0.4) is 0 Å². The molecule has 1 aromatic carbocycles. The molecule has 1 aliphatic rings. The normalized spacial score (nSPS) is 16.5. The molecule has 7 heteroatoms. The fraction of sp³-hybridized carbons (Fsp3) is 0.318. The molecule has 1 atom stereocenters. The fourth-order valence-corrected chi connectivity index (χ4v) is 4.31. The summed E-state index contributed by atoms with van der Waals surface area (Å²) in [6.07, 6.45) is 3.77. The Morgan fingerprint density at radius 3 is 2.90 bits per heavy atom. The predicted molar refractivity (Wildman–Crippen MR) is 109 cm³/mol. The Labute approximate surface area is 173 Å². The van der Waals surface area contributed by atoms with E-state index in [0.29, 0.717) is 17.1 Å². The number of rotatable bonds is 7. The second kappa shape index (κ2) is 7.57. The highest BCUT2D eigenvalue weighted by Gasteiger charge is 2.35. The number of amides is 1. The van der Waals surface area contributed by atoms with Gasteiger partial charge >= 0.3 is 0 Å². The third-order valence-electron chi connectivity index (χ3n) is 4.88. The van der Waals surface area contributed by atoms with E-state index in [1.807, 2.05) is 43.5 Å². The van der Waals surface area contributed by atoms with Crippen LogP contribution >= 0.6 is 11.3 Å². The number of thiophene rings is 1. The van der Waals surface area contributed by atoms with Crippen LogP contribution in [0.25, 0.3) is 0 Å². The lowest BCUT2D eigenvalue weighted by molar-refractivity contribution is -0.124.